The molecule has 0 unspecified atom stereocenters. The molecule has 20 heavy (non-hydrogen) atoms. The number of anilines is 1. The SMILES string of the molecule is O=C(O)c1cccc(Br)c1NC(=O)N1CCCSCC1. The number of nitrogens with zero attached hydrogens (tertiary/aromatic N) is 1. The van der Waals surface area contributed by atoms with E-state index in [9.17, 15) is 9.59 Å². The van der Waals surface area contributed by atoms with Crippen LogP contribution < -0.4 is 5.32 Å². The third-order valence-electron chi connectivity index (χ3n) is 2.99. The van der Waals surface area contributed by atoms with Gasteiger partial charge in [-0.15, -0.1) is 0 Å². The molecule has 108 valence electrons. The van der Waals surface area contributed by atoms with E-state index in [1.54, 1.807) is 17.0 Å². The maximum absolute atomic E-state index is 12.2. The molecule has 1 aliphatic heterocycles. The number of benzene rings is 1. The van der Waals surface area contributed by atoms with E-state index in [2.05, 4.69) is 21.2 Å². The second kappa shape index (κ2) is 6.99. The number of carboxylic acid groups (broad SMARTS) is 1. The van der Waals surface area contributed by atoms with E-state index in [4.69, 9.17) is 5.11 Å². The summed E-state index contributed by atoms with van der Waals surface area (Å²) in [6.45, 7) is 1.38. The zero-order chi connectivity index (χ0) is 14.5. The topological polar surface area (TPSA) is 69.6 Å². The van der Waals surface area contributed by atoms with Crippen LogP contribution in [0.1, 0.15) is 16.8 Å². The maximum atomic E-state index is 12.2. The van der Waals surface area contributed by atoms with Crippen molar-refractivity contribution in [2.75, 3.05) is 29.9 Å². The van der Waals surface area contributed by atoms with Crippen molar-refractivity contribution >= 4 is 45.4 Å². The normalized spacial score (nSPS) is 15.6. The monoisotopic (exact) mass is 358 g/mol. The van der Waals surface area contributed by atoms with E-state index in [0.29, 0.717) is 23.2 Å². The smallest absolute Gasteiger partial charge is 0.337 e. The van der Waals surface area contributed by atoms with Crippen LogP contribution in [-0.4, -0.2) is 46.6 Å². The molecule has 1 aliphatic rings. The molecule has 2 amide bonds. The number of urea groups is 1. The molecule has 1 aromatic rings. The van der Waals surface area contributed by atoms with E-state index < -0.39 is 5.97 Å². The van der Waals surface area contributed by atoms with Gasteiger partial charge < -0.3 is 15.3 Å². The Bertz CT molecular complexity index is 516. The van der Waals surface area contributed by atoms with E-state index in [-0.39, 0.29) is 11.6 Å². The molecule has 1 fully saturated rings. The van der Waals surface area contributed by atoms with Gasteiger partial charge in [-0.25, -0.2) is 9.59 Å². The summed E-state index contributed by atoms with van der Waals surface area (Å²) in [6.07, 6.45) is 0.958. The van der Waals surface area contributed by atoms with Crippen LogP contribution in [0.25, 0.3) is 0 Å². The van der Waals surface area contributed by atoms with Crippen molar-refractivity contribution < 1.29 is 14.7 Å². The minimum Gasteiger partial charge on any atom is -0.478 e. The Morgan fingerprint density at radius 3 is 2.85 bits per heavy atom. The fourth-order valence-corrected chi connectivity index (χ4v) is 3.32. The Hall–Kier alpha value is -1.21. The van der Waals surface area contributed by atoms with Crippen LogP contribution >= 0.6 is 27.7 Å². The largest absolute Gasteiger partial charge is 0.478 e. The molecule has 0 aromatic heterocycles. The van der Waals surface area contributed by atoms with Crippen molar-refractivity contribution in [1.82, 2.24) is 4.90 Å². The highest BCUT2D eigenvalue weighted by Crippen LogP contribution is 2.27. The number of carboxylic acids is 1. The van der Waals surface area contributed by atoms with Crippen LogP contribution in [-0.2, 0) is 0 Å². The number of para-hydroxylation sites is 1. The number of aromatic carboxylic acids is 1. The number of carbonyl (C=O) groups excluding carboxylic acids is 1. The molecule has 0 spiro atoms. The molecule has 7 heteroatoms. The number of halogens is 1. The molecule has 1 heterocycles. The van der Waals surface area contributed by atoms with Crippen molar-refractivity contribution in [1.29, 1.82) is 0 Å². The average Bonchev–Trinajstić information content (AvgIpc) is 2.69. The summed E-state index contributed by atoms with van der Waals surface area (Å²) in [5.41, 5.74) is 0.388. The number of amides is 2. The fraction of sp³-hybridized carbons (Fsp3) is 0.385. The molecule has 0 bridgehead atoms. The molecule has 5 nitrogen and oxygen atoms in total. The minimum atomic E-state index is -1.06. The standard InChI is InChI=1S/C13H15BrN2O3S/c14-10-4-1-3-9(12(17)18)11(10)15-13(19)16-5-2-7-20-8-6-16/h1,3-4H,2,5-8H2,(H,15,19)(H,17,18). The van der Waals surface area contributed by atoms with Gasteiger partial charge in [-0.3, -0.25) is 0 Å². The lowest BCUT2D eigenvalue weighted by Gasteiger charge is -2.21. The molecule has 0 radical (unpaired) electrons. The molecular formula is C13H15BrN2O3S. The zero-order valence-corrected chi connectivity index (χ0v) is 13.2. The highest BCUT2D eigenvalue weighted by atomic mass is 79.9. The second-order valence-electron chi connectivity index (χ2n) is 4.35. The van der Waals surface area contributed by atoms with Crippen molar-refractivity contribution in [2.24, 2.45) is 0 Å². The first-order chi connectivity index (χ1) is 9.59. The van der Waals surface area contributed by atoms with Crippen LogP contribution in [0.2, 0.25) is 0 Å². The molecule has 1 saturated heterocycles. The van der Waals surface area contributed by atoms with Crippen molar-refractivity contribution in [3.63, 3.8) is 0 Å². The molecule has 0 atom stereocenters. The molecule has 0 saturated carbocycles. The average molecular weight is 359 g/mol. The van der Waals surface area contributed by atoms with Gasteiger partial charge in [0, 0.05) is 23.3 Å². The Labute approximate surface area is 129 Å². The van der Waals surface area contributed by atoms with E-state index in [0.717, 1.165) is 17.9 Å². The van der Waals surface area contributed by atoms with Gasteiger partial charge in [-0.1, -0.05) is 6.07 Å². The van der Waals surface area contributed by atoms with Gasteiger partial charge >= 0.3 is 12.0 Å². The van der Waals surface area contributed by atoms with Crippen LogP contribution in [0.5, 0.6) is 0 Å². The van der Waals surface area contributed by atoms with E-state index in [1.807, 2.05) is 11.8 Å². The summed E-state index contributed by atoms with van der Waals surface area (Å²) in [5, 5.41) is 11.9. The molecule has 1 aromatic carbocycles. The summed E-state index contributed by atoms with van der Waals surface area (Å²) in [7, 11) is 0. The summed E-state index contributed by atoms with van der Waals surface area (Å²) in [6, 6.07) is 4.56. The van der Waals surface area contributed by atoms with Crippen molar-refractivity contribution in [2.45, 2.75) is 6.42 Å². The molecule has 2 N–H and O–H groups in total. The number of nitrogens with one attached hydrogen (secondary N) is 1. The summed E-state index contributed by atoms with van der Waals surface area (Å²) >= 11 is 5.11. The van der Waals surface area contributed by atoms with Crippen LogP contribution in [0.15, 0.2) is 22.7 Å². The lowest BCUT2D eigenvalue weighted by Crippen LogP contribution is -2.37. The molecular weight excluding hydrogens is 344 g/mol. The third kappa shape index (κ3) is 3.67. The second-order valence-corrected chi connectivity index (χ2v) is 6.43. The quantitative estimate of drug-likeness (QED) is 0.851. The van der Waals surface area contributed by atoms with Gasteiger partial charge in [0.25, 0.3) is 0 Å². The predicted octanol–water partition coefficient (Wildman–Crippen LogP) is 3.12. The third-order valence-corrected chi connectivity index (χ3v) is 4.69. The lowest BCUT2D eigenvalue weighted by atomic mass is 10.2. The number of hydrogen-bond donors (Lipinski definition) is 2. The van der Waals surface area contributed by atoms with E-state index >= 15 is 0 Å². The van der Waals surface area contributed by atoms with Gasteiger partial charge in [0.1, 0.15) is 0 Å². The first kappa shape index (κ1) is 15.2. The van der Waals surface area contributed by atoms with Crippen LogP contribution in [0, 0.1) is 0 Å². The van der Waals surface area contributed by atoms with Crippen LogP contribution in [0.4, 0.5) is 10.5 Å². The Morgan fingerprint density at radius 2 is 2.10 bits per heavy atom. The first-order valence-electron chi connectivity index (χ1n) is 6.25. The molecule has 0 aliphatic carbocycles. The van der Waals surface area contributed by atoms with E-state index in [1.165, 1.54) is 6.07 Å². The first-order valence-corrected chi connectivity index (χ1v) is 8.20. The Morgan fingerprint density at radius 1 is 1.30 bits per heavy atom. The number of thioether (sulfide) groups is 1. The summed E-state index contributed by atoms with van der Waals surface area (Å²) in [4.78, 5) is 25.2. The number of carbonyl (C=O) groups is 2. The summed E-state index contributed by atoms with van der Waals surface area (Å²) in [5.74, 6) is 0.905. The van der Waals surface area contributed by atoms with Gasteiger partial charge in [0.15, 0.2) is 0 Å². The van der Waals surface area contributed by atoms with Crippen LogP contribution in [0.3, 0.4) is 0 Å². The molecule has 2 rings (SSSR count). The van der Waals surface area contributed by atoms with Gasteiger partial charge in [-0.05, 0) is 40.2 Å². The van der Waals surface area contributed by atoms with Gasteiger partial charge in [0.2, 0.25) is 0 Å². The highest BCUT2D eigenvalue weighted by molar-refractivity contribution is 9.10. The van der Waals surface area contributed by atoms with Crippen molar-refractivity contribution in [3.8, 4) is 0 Å². The minimum absolute atomic E-state index is 0.0805. The predicted molar refractivity (Wildman–Crippen MR) is 83.6 cm³/mol. The number of rotatable bonds is 2. The lowest BCUT2D eigenvalue weighted by molar-refractivity contribution is 0.0698. The highest BCUT2D eigenvalue weighted by Gasteiger charge is 2.20. The Balaban J connectivity index is 2.16. The summed E-state index contributed by atoms with van der Waals surface area (Å²) < 4.78 is 0.565. The van der Waals surface area contributed by atoms with Gasteiger partial charge in [0.05, 0.1) is 11.3 Å². The van der Waals surface area contributed by atoms with Gasteiger partial charge in [-0.2, -0.15) is 11.8 Å². The Kier molecular flexibility index (Phi) is 5.31. The number of hydrogen-bond acceptors (Lipinski definition) is 3. The zero-order valence-electron chi connectivity index (χ0n) is 10.8. The van der Waals surface area contributed by atoms with Crippen molar-refractivity contribution in [3.05, 3.63) is 28.2 Å². The fourth-order valence-electron chi connectivity index (χ4n) is 1.96. The maximum Gasteiger partial charge on any atom is 0.337 e.